The van der Waals surface area contributed by atoms with Gasteiger partial charge in [-0.05, 0) is 29.3 Å². The van der Waals surface area contributed by atoms with Crippen LogP contribution >= 0.6 is 23.5 Å². The number of rotatable bonds is 10. The molecule has 2 aromatic carbocycles. The second-order valence-electron chi connectivity index (χ2n) is 6.68. The average molecular weight is 480 g/mol. The van der Waals surface area contributed by atoms with Crippen LogP contribution in [0.1, 0.15) is 21.0 Å². The molecule has 0 radical (unpaired) electrons. The second-order valence-corrected chi connectivity index (χ2v) is 9.43. The maximum atomic E-state index is 11.7. The molecule has 0 aliphatic carbocycles. The lowest BCUT2D eigenvalue weighted by atomic mass is 10.1. The summed E-state index contributed by atoms with van der Waals surface area (Å²) < 4.78 is 27.3. The van der Waals surface area contributed by atoms with Crippen molar-refractivity contribution in [1.82, 2.24) is 0 Å². The molecule has 0 spiro atoms. The fourth-order valence-electron chi connectivity index (χ4n) is 3.36. The Morgan fingerprint density at radius 2 is 1.59 bits per heavy atom. The number of hydrogen-bond donors (Lipinski definition) is 0. The summed E-state index contributed by atoms with van der Waals surface area (Å²) in [6, 6.07) is 7.24. The van der Waals surface area contributed by atoms with E-state index in [4.69, 9.17) is 23.7 Å². The summed E-state index contributed by atoms with van der Waals surface area (Å²) in [5.41, 5.74) is 1.70. The number of nitro groups is 1. The summed E-state index contributed by atoms with van der Waals surface area (Å²) in [6.45, 7) is 3.74. The van der Waals surface area contributed by atoms with Gasteiger partial charge < -0.3 is 23.7 Å². The lowest BCUT2D eigenvalue weighted by Crippen LogP contribution is -2.02. The SMILES string of the molecule is C=CCOc1c(OC)cc([C@@H]2SC[C@@H](c3cc(OC)c(OC)c(OC)c3)S2)cc1[N+](=O)[O-]. The van der Waals surface area contributed by atoms with Crippen molar-refractivity contribution in [3.8, 4) is 28.7 Å². The summed E-state index contributed by atoms with van der Waals surface area (Å²) in [5, 5.41) is 11.8. The third-order valence-corrected chi connectivity index (χ3v) is 8.18. The van der Waals surface area contributed by atoms with E-state index < -0.39 is 4.92 Å². The van der Waals surface area contributed by atoms with Crippen LogP contribution in [0.15, 0.2) is 36.9 Å². The molecule has 1 saturated heterocycles. The highest BCUT2D eigenvalue weighted by Gasteiger charge is 2.33. The monoisotopic (exact) mass is 479 g/mol. The lowest BCUT2D eigenvalue weighted by Gasteiger charge is -2.17. The van der Waals surface area contributed by atoms with Gasteiger partial charge in [0.25, 0.3) is 0 Å². The van der Waals surface area contributed by atoms with Gasteiger partial charge in [-0.15, -0.1) is 23.5 Å². The number of benzene rings is 2. The smallest absolute Gasteiger partial charge is 0.315 e. The fourth-order valence-corrected chi connectivity index (χ4v) is 6.62. The number of methoxy groups -OCH3 is 4. The Hall–Kier alpha value is -2.72. The van der Waals surface area contributed by atoms with Crippen molar-refractivity contribution in [3.63, 3.8) is 0 Å². The molecule has 0 amide bonds. The molecule has 0 bridgehead atoms. The summed E-state index contributed by atoms with van der Waals surface area (Å²) in [4.78, 5) is 11.2. The van der Waals surface area contributed by atoms with Crippen LogP contribution in [0.2, 0.25) is 0 Å². The van der Waals surface area contributed by atoms with Gasteiger partial charge in [-0.25, -0.2) is 0 Å². The zero-order valence-electron chi connectivity index (χ0n) is 18.3. The minimum absolute atomic E-state index is 0.0138. The first-order valence-electron chi connectivity index (χ1n) is 9.64. The third kappa shape index (κ3) is 4.86. The zero-order chi connectivity index (χ0) is 23.3. The summed E-state index contributed by atoms with van der Waals surface area (Å²) >= 11 is 3.42. The first kappa shape index (κ1) is 23.9. The van der Waals surface area contributed by atoms with E-state index in [2.05, 4.69) is 6.58 Å². The molecule has 0 N–H and O–H groups in total. The number of nitrogens with zero attached hydrogens (tertiary/aromatic N) is 1. The Balaban J connectivity index is 1.92. The number of ether oxygens (including phenoxy) is 5. The van der Waals surface area contributed by atoms with E-state index in [1.807, 2.05) is 12.1 Å². The molecular formula is C22H25NO7S2. The normalized spacial score (nSPS) is 17.5. The molecule has 2 atom stereocenters. The van der Waals surface area contributed by atoms with E-state index in [9.17, 15) is 10.1 Å². The van der Waals surface area contributed by atoms with Crippen molar-refractivity contribution in [3.05, 3.63) is 58.2 Å². The van der Waals surface area contributed by atoms with Crippen LogP contribution in [-0.2, 0) is 0 Å². The number of hydrogen-bond acceptors (Lipinski definition) is 9. The molecule has 8 nitrogen and oxygen atoms in total. The lowest BCUT2D eigenvalue weighted by molar-refractivity contribution is -0.385. The zero-order valence-corrected chi connectivity index (χ0v) is 19.9. The van der Waals surface area contributed by atoms with E-state index >= 15 is 0 Å². The van der Waals surface area contributed by atoms with E-state index in [-0.39, 0.29) is 27.9 Å². The summed E-state index contributed by atoms with van der Waals surface area (Å²) in [6.07, 6.45) is 1.53. The van der Waals surface area contributed by atoms with Gasteiger partial charge in [-0.2, -0.15) is 0 Å². The van der Waals surface area contributed by atoms with Crippen LogP contribution in [0.5, 0.6) is 28.7 Å². The third-order valence-electron chi connectivity index (χ3n) is 4.84. The van der Waals surface area contributed by atoms with Crippen LogP contribution in [0, 0.1) is 10.1 Å². The van der Waals surface area contributed by atoms with Crippen molar-refractivity contribution in [2.45, 2.75) is 9.83 Å². The number of thioether (sulfide) groups is 2. The molecule has 0 saturated carbocycles. The van der Waals surface area contributed by atoms with E-state index in [0.29, 0.717) is 23.0 Å². The second kappa shape index (κ2) is 10.7. The molecule has 1 heterocycles. The molecule has 1 aliphatic rings. The first-order chi connectivity index (χ1) is 15.5. The van der Waals surface area contributed by atoms with Gasteiger partial charge in [-0.1, -0.05) is 12.7 Å². The van der Waals surface area contributed by atoms with Crippen molar-refractivity contribution < 1.29 is 28.6 Å². The van der Waals surface area contributed by atoms with Crippen molar-refractivity contribution in [2.75, 3.05) is 40.8 Å². The van der Waals surface area contributed by atoms with Gasteiger partial charge in [0.1, 0.15) is 6.61 Å². The maximum absolute atomic E-state index is 11.7. The molecule has 0 unspecified atom stereocenters. The summed E-state index contributed by atoms with van der Waals surface area (Å²) in [5.74, 6) is 2.98. The van der Waals surface area contributed by atoms with Crippen LogP contribution < -0.4 is 23.7 Å². The van der Waals surface area contributed by atoms with Crippen LogP contribution in [-0.4, -0.2) is 45.7 Å². The van der Waals surface area contributed by atoms with Gasteiger partial charge in [0.2, 0.25) is 11.5 Å². The Kier molecular flexibility index (Phi) is 8.03. The van der Waals surface area contributed by atoms with Crippen molar-refractivity contribution in [2.24, 2.45) is 0 Å². The quantitative estimate of drug-likeness (QED) is 0.252. The highest BCUT2D eigenvalue weighted by atomic mass is 32.2. The molecule has 172 valence electrons. The van der Waals surface area contributed by atoms with Crippen molar-refractivity contribution >= 4 is 29.2 Å². The van der Waals surface area contributed by atoms with Gasteiger partial charge in [-0.3, -0.25) is 10.1 Å². The van der Waals surface area contributed by atoms with Gasteiger partial charge in [0.05, 0.1) is 37.9 Å². The van der Waals surface area contributed by atoms with Crippen molar-refractivity contribution in [1.29, 1.82) is 0 Å². The Morgan fingerprint density at radius 1 is 1.00 bits per heavy atom. The van der Waals surface area contributed by atoms with Crippen LogP contribution in [0.4, 0.5) is 5.69 Å². The highest BCUT2D eigenvalue weighted by Crippen LogP contribution is 2.58. The molecular weight excluding hydrogens is 454 g/mol. The summed E-state index contributed by atoms with van der Waals surface area (Å²) in [7, 11) is 6.21. The molecule has 2 aromatic rings. The van der Waals surface area contributed by atoms with Gasteiger partial charge in [0.15, 0.2) is 17.2 Å². The Morgan fingerprint density at radius 3 is 2.12 bits per heavy atom. The molecule has 1 aliphatic heterocycles. The fraction of sp³-hybridized carbons (Fsp3) is 0.364. The molecule has 32 heavy (non-hydrogen) atoms. The van der Waals surface area contributed by atoms with Gasteiger partial charge >= 0.3 is 5.69 Å². The molecule has 3 rings (SSSR count). The highest BCUT2D eigenvalue weighted by molar-refractivity contribution is 8.19. The van der Waals surface area contributed by atoms with E-state index in [1.54, 1.807) is 57.0 Å². The first-order valence-corrected chi connectivity index (χ1v) is 11.6. The molecule has 1 fully saturated rings. The predicted octanol–water partition coefficient (Wildman–Crippen LogP) is 5.41. The topological polar surface area (TPSA) is 89.3 Å². The largest absolute Gasteiger partial charge is 0.493 e. The Labute approximate surface area is 195 Å². The van der Waals surface area contributed by atoms with Gasteiger partial charge in [0, 0.05) is 17.1 Å². The Bertz CT molecular complexity index is 973. The standard InChI is InChI=1S/C22H25NO7S2/c1-6-7-30-20-15(23(24)25)8-14(11-16(20)26-2)22-31-12-19(32-22)13-9-17(27-3)21(29-5)18(10-13)28-4/h6,8-11,19,22H,1,7,12H2,2-5H3/t19-,22+/m0/s1. The average Bonchev–Trinajstić information content (AvgIpc) is 3.31. The minimum atomic E-state index is -0.453. The molecule has 10 heteroatoms. The number of nitro benzene ring substituents is 1. The van der Waals surface area contributed by atoms with Crippen LogP contribution in [0.3, 0.4) is 0 Å². The minimum Gasteiger partial charge on any atom is -0.493 e. The maximum Gasteiger partial charge on any atom is 0.315 e. The molecule has 0 aromatic heterocycles. The van der Waals surface area contributed by atoms with E-state index in [1.165, 1.54) is 13.2 Å². The van der Waals surface area contributed by atoms with E-state index in [0.717, 1.165) is 16.9 Å². The van der Waals surface area contributed by atoms with Crippen LogP contribution in [0.25, 0.3) is 0 Å². The predicted molar refractivity (Wildman–Crippen MR) is 127 cm³/mol.